The normalized spacial score (nSPS) is 26.9. The molecule has 0 aliphatic carbocycles. The molecule has 0 bridgehead atoms. The van der Waals surface area contributed by atoms with E-state index in [1.807, 2.05) is 27.7 Å². The lowest BCUT2D eigenvalue weighted by atomic mass is 9.98. The fourth-order valence-electron chi connectivity index (χ4n) is 1.78. The molecule has 3 nitrogen and oxygen atoms in total. The number of rotatable bonds is 1. The van der Waals surface area contributed by atoms with E-state index in [0.717, 1.165) is 0 Å². The second kappa shape index (κ2) is 3.29. The van der Waals surface area contributed by atoms with E-state index in [9.17, 15) is 9.90 Å². The van der Waals surface area contributed by atoms with Gasteiger partial charge in [-0.05, 0) is 20.3 Å². The number of aliphatic hydroxyl groups is 1. The van der Waals surface area contributed by atoms with Gasteiger partial charge in [0.25, 0.3) is 0 Å². The molecule has 3 heteroatoms. The van der Waals surface area contributed by atoms with Crippen LogP contribution in [0, 0.1) is 5.92 Å². The summed E-state index contributed by atoms with van der Waals surface area (Å²) >= 11 is 0. The third kappa shape index (κ3) is 1.70. The highest BCUT2D eigenvalue weighted by atomic mass is 16.3. The Labute approximate surface area is 79.7 Å². The second-order valence-electron chi connectivity index (χ2n) is 4.60. The minimum atomic E-state index is -0.388. The third-order valence-electron chi connectivity index (χ3n) is 2.90. The third-order valence-corrected chi connectivity index (χ3v) is 2.90. The molecule has 1 atom stereocenters. The summed E-state index contributed by atoms with van der Waals surface area (Å²) in [6.45, 7) is 8.31. The zero-order valence-corrected chi connectivity index (χ0v) is 8.87. The minimum absolute atomic E-state index is 0.0181. The van der Waals surface area contributed by atoms with Crippen molar-refractivity contribution < 1.29 is 9.90 Å². The summed E-state index contributed by atoms with van der Waals surface area (Å²) < 4.78 is 0. The van der Waals surface area contributed by atoms with Crippen LogP contribution in [0.2, 0.25) is 0 Å². The van der Waals surface area contributed by atoms with Gasteiger partial charge in [0.2, 0.25) is 5.91 Å². The Kier molecular flexibility index (Phi) is 2.66. The first-order valence-electron chi connectivity index (χ1n) is 4.87. The molecule has 1 amide bonds. The average molecular weight is 185 g/mol. The Morgan fingerprint density at radius 3 is 2.38 bits per heavy atom. The highest BCUT2D eigenvalue weighted by molar-refractivity contribution is 5.79. The molecule has 1 N–H and O–H groups in total. The molecule has 76 valence electrons. The highest BCUT2D eigenvalue weighted by Gasteiger charge is 2.43. The van der Waals surface area contributed by atoms with E-state index in [2.05, 4.69) is 0 Å². The second-order valence-corrected chi connectivity index (χ2v) is 4.60. The van der Waals surface area contributed by atoms with Crippen LogP contribution in [0.5, 0.6) is 0 Å². The van der Waals surface area contributed by atoms with Crippen molar-refractivity contribution in [2.24, 2.45) is 5.92 Å². The first-order valence-corrected chi connectivity index (χ1v) is 4.87. The van der Waals surface area contributed by atoms with E-state index >= 15 is 0 Å². The molecule has 0 spiro atoms. The van der Waals surface area contributed by atoms with Crippen molar-refractivity contribution in [3.8, 4) is 0 Å². The van der Waals surface area contributed by atoms with Crippen molar-refractivity contribution in [2.75, 3.05) is 6.54 Å². The summed E-state index contributed by atoms with van der Waals surface area (Å²) in [5, 5.41) is 9.66. The summed E-state index contributed by atoms with van der Waals surface area (Å²) in [5.41, 5.74) is -0.388. The van der Waals surface area contributed by atoms with E-state index < -0.39 is 0 Å². The van der Waals surface area contributed by atoms with Gasteiger partial charge in [0.15, 0.2) is 0 Å². The molecule has 1 rings (SSSR count). The quantitative estimate of drug-likeness (QED) is 0.662. The smallest absolute Gasteiger partial charge is 0.225 e. The van der Waals surface area contributed by atoms with E-state index in [0.29, 0.717) is 13.0 Å². The highest BCUT2D eigenvalue weighted by Crippen LogP contribution is 2.29. The van der Waals surface area contributed by atoms with Crippen LogP contribution in [0.4, 0.5) is 0 Å². The van der Waals surface area contributed by atoms with Gasteiger partial charge in [-0.25, -0.2) is 0 Å². The molecule has 0 aromatic heterocycles. The van der Waals surface area contributed by atoms with Crippen molar-refractivity contribution in [2.45, 2.75) is 45.8 Å². The number of amides is 1. The maximum Gasteiger partial charge on any atom is 0.225 e. The number of nitrogens with zero attached hydrogens (tertiary/aromatic N) is 1. The van der Waals surface area contributed by atoms with Gasteiger partial charge in [-0.3, -0.25) is 4.79 Å². The zero-order chi connectivity index (χ0) is 10.2. The number of hydrogen-bond acceptors (Lipinski definition) is 2. The van der Waals surface area contributed by atoms with Crippen molar-refractivity contribution in [3.63, 3.8) is 0 Å². The standard InChI is InChI=1S/C10H19NO2/c1-7(2)9(13)11-6-5-8(12)10(11,3)4/h7-8,12H,5-6H2,1-4H3. The molecule has 0 aromatic rings. The average Bonchev–Trinajstić information content (AvgIpc) is 2.26. The lowest BCUT2D eigenvalue weighted by molar-refractivity contribution is -0.139. The summed E-state index contributed by atoms with van der Waals surface area (Å²) in [7, 11) is 0. The van der Waals surface area contributed by atoms with E-state index in [1.54, 1.807) is 4.90 Å². The predicted octanol–water partition coefficient (Wildman–Crippen LogP) is 1.01. The van der Waals surface area contributed by atoms with Crippen LogP contribution in [0.3, 0.4) is 0 Å². The van der Waals surface area contributed by atoms with Gasteiger partial charge >= 0.3 is 0 Å². The molecular formula is C10H19NO2. The van der Waals surface area contributed by atoms with Crippen LogP contribution in [-0.2, 0) is 4.79 Å². The Morgan fingerprint density at radius 2 is 2.08 bits per heavy atom. The van der Waals surface area contributed by atoms with Crippen LogP contribution in [0.25, 0.3) is 0 Å². The summed E-state index contributed by atoms with van der Waals surface area (Å²) in [4.78, 5) is 13.5. The maximum absolute atomic E-state index is 11.7. The number of aliphatic hydroxyl groups excluding tert-OH is 1. The Morgan fingerprint density at radius 1 is 1.54 bits per heavy atom. The Balaban J connectivity index is 2.78. The number of hydrogen-bond donors (Lipinski definition) is 1. The molecule has 1 aliphatic heterocycles. The molecule has 1 aliphatic rings. The lowest BCUT2D eigenvalue weighted by Gasteiger charge is -2.34. The largest absolute Gasteiger partial charge is 0.391 e. The molecule has 1 saturated heterocycles. The summed E-state index contributed by atoms with van der Waals surface area (Å²) in [6, 6.07) is 0. The van der Waals surface area contributed by atoms with Gasteiger partial charge in [-0.1, -0.05) is 13.8 Å². The van der Waals surface area contributed by atoms with Crippen molar-refractivity contribution in [1.82, 2.24) is 4.90 Å². The molecular weight excluding hydrogens is 166 g/mol. The van der Waals surface area contributed by atoms with Crippen molar-refractivity contribution >= 4 is 5.91 Å². The lowest BCUT2D eigenvalue weighted by Crippen LogP contribution is -2.49. The zero-order valence-electron chi connectivity index (χ0n) is 8.87. The predicted molar refractivity (Wildman–Crippen MR) is 51.3 cm³/mol. The summed E-state index contributed by atoms with van der Waals surface area (Å²) in [5.74, 6) is 0.158. The molecule has 1 unspecified atom stereocenters. The van der Waals surface area contributed by atoms with Crippen LogP contribution in [-0.4, -0.2) is 34.1 Å². The molecule has 13 heavy (non-hydrogen) atoms. The molecule has 0 saturated carbocycles. The van der Waals surface area contributed by atoms with Crippen LogP contribution in [0.15, 0.2) is 0 Å². The first-order chi connectivity index (χ1) is 5.87. The van der Waals surface area contributed by atoms with Gasteiger partial charge < -0.3 is 10.0 Å². The Bertz CT molecular complexity index is 211. The van der Waals surface area contributed by atoms with Crippen LogP contribution in [0.1, 0.15) is 34.1 Å². The van der Waals surface area contributed by atoms with E-state index in [1.165, 1.54) is 0 Å². The van der Waals surface area contributed by atoms with Gasteiger partial charge in [-0.15, -0.1) is 0 Å². The van der Waals surface area contributed by atoms with Crippen LogP contribution < -0.4 is 0 Å². The van der Waals surface area contributed by atoms with Gasteiger partial charge in [0, 0.05) is 12.5 Å². The topological polar surface area (TPSA) is 40.5 Å². The first kappa shape index (κ1) is 10.5. The van der Waals surface area contributed by atoms with Gasteiger partial charge in [0.1, 0.15) is 0 Å². The molecule has 1 heterocycles. The molecule has 0 radical (unpaired) electrons. The SMILES string of the molecule is CC(C)C(=O)N1CCC(O)C1(C)C. The molecule has 1 fully saturated rings. The fourth-order valence-corrected chi connectivity index (χ4v) is 1.78. The maximum atomic E-state index is 11.7. The minimum Gasteiger partial charge on any atom is -0.391 e. The van der Waals surface area contributed by atoms with Gasteiger partial charge in [-0.2, -0.15) is 0 Å². The van der Waals surface area contributed by atoms with E-state index in [-0.39, 0.29) is 23.5 Å². The van der Waals surface area contributed by atoms with Crippen molar-refractivity contribution in [1.29, 1.82) is 0 Å². The van der Waals surface area contributed by atoms with E-state index in [4.69, 9.17) is 0 Å². The summed E-state index contributed by atoms with van der Waals surface area (Å²) in [6.07, 6.45) is 0.320. The van der Waals surface area contributed by atoms with Crippen LogP contribution >= 0.6 is 0 Å². The number of carbonyl (C=O) groups excluding carboxylic acids is 1. The molecule has 0 aromatic carbocycles. The van der Waals surface area contributed by atoms with Crippen molar-refractivity contribution in [3.05, 3.63) is 0 Å². The number of likely N-dealkylation sites (tertiary alicyclic amines) is 1. The Hall–Kier alpha value is -0.570. The fraction of sp³-hybridized carbons (Fsp3) is 0.900. The van der Waals surface area contributed by atoms with Gasteiger partial charge in [0.05, 0.1) is 11.6 Å². The monoisotopic (exact) mass is 185 g/mol. The number of carbonyl (C=O) groups is 1.